The molecule has 1 fully saturated rings. The Labute approximate surface area is 77.5 Å². The zero-order valence-corrected chi connectivity index (χ0v) is 7.82. The lowest BCUT2D eigenvalue weighted by Gasteiger charge is -2.20. The van der Waals surface area contributed by atoms with Crippen molar-refractivity contribution in [1.82, 2.24) is 4.90 Å². The predicted octanol–water partition coefficient (Wildman–Crippen LogP) is 0.720. The van der Waals surface area contributed by atoms with E-state index in [4.69, 9.17) is 5.11 Å². The van der Waals surface area contributed by atoms with Crippen molar-refractivity contribution in [3.63, 3.8) is 0 Å². The molecule has 74 valence electrons. The molecule has 0 spiro atoms. The first-order chi connectivity index (χ1) is 6.11. The topological polar surface area (TPSA) is 57.6 Å². The Kier molecular flexibility index (Phi) is 3.28. The molecule has 1 rings (SSSR count). The van der Waals surface area contributed by atoms with Crippen LogP contribution in [0.1, 0.15) is 26.2 Å². The number of carboxylic acids is 1. The van der Waals surface area contributed by atoms with Gasteiger partial charge in [-0.05, 0) is 12.8 Å². The second kappa shape index (κ2) is 4.25. The zero-order valence-electron chi connectivity index (χ0n) is 7.82. The Bertz CT molecular complexity index is 193. The van der Waals surface area contributed by atoms with Crippen molar-refractivity contribution < 1.29 is 14.7 Å². The lowest BCUT2D eigenvalue weighted by atomic mass is 10.0. The monoisotopic (exact) mass is 185 g/mol. The highest BCUT2D eigenvalue weighted by Crippen LogP contribution is 2.16. The van der Waals surface area contributed by atoms with Gasteiger partial charge in [0.1, 0.15) is 0 Å². The smallest absolute Gasteiger partial charge is 0.308 e. The van der Waals surface area contributed by atoms with E-state index in [0.29, 0.717) is 19.5 Å². The van der Waals surface area contributed by atoms with Gasteiger partial charge in [-0.1, -0.05) is 6.42 Å². The molecule has 1 amide bonds. The molecule has 0 unspecified atom stereocenters. The van der Waals surface area contributed by atoms with E-state index in [1.165, 1.54) is 6.92 Å². The zero-order chi connectivity index (χ0) is 9.84. The van der Waals surface area contributed by atoms with Crippen LogP contribution in [-0.4, -0.2) is 35.0 Å². The minimum Gasteiger partial charge on any atom is -0.481 e. The second-order valence-electron chi connectivity index (χ2n) is 3.50. The molecule has 0 saturated carbocycles. The summed E-state index contributed by atoms with van der Waals surface area (Å²) in [4.78, 5) is 23.4. The predicted molar refractivity (Wildman–Crippen MR) is 47.2 cm³/mol. The van der Waals surface area contributed by atoms with Crippen LogP contribution in [0.15, 0.2) is 0 Å². The van der Waals surface area contributed by atoms with E-state index in [1.807, 2.05) is 0 Å². The number of carbonyl (C=O) groups is 2. The fourth-order valence-corrected chi connectivity index (χ4v) is 1.63. The maximum Gasteiger partial charge on any atom is 0.308 e. The van der Waals surface area contributed by atoms with E-state index in [9.17, 15) is 9.59 Å². The summed E-state index contributed by atoms with van der Waals surface area (Å²) in [7, 11) is 0. The second-order valence-corrected chi connectivity index (χ2v) is 3.50. The molecular weight excluding hydrogens is 170 g/mol. The van der Waals surface area contributed by atoms with Crippen molar-refractivity contribution in [2.45, 2.75) is 26.2 Å². The summed E-state index contributed by atoms with van der Waals surface area (Å²) in [5, 5.41) is 8.82. The van der Waals surface area contributed by atoms with E-state index in [0.717, 1.165) is 12.8 Å². The Morgan fingerprint density at radius 1 is 1.38 bits per heavy atom. The third-order valence-electron chi connectivity index (χ3n) is 2.47. The first kappa shape index (κ1) is 10.0. The Morgan fingerprint density at radius 3 is 2.62 bits per heavy atom. The summed E-state index contributed by atoms with van der Waals surface area (Å²) in [5.41, 5.74) is 0. The minimum absolute atomic E-state index is 0.0202. The summed E-state index contributed by atoms with van der Waals surface area (Å²) in [6.07, 6.45) is 2.52. The molecule has 1 aliphatic rings. The van der Waals surface area contributed by atoms with Gasteiger partial charge >= 0.3 is 5.97 Å². The number of hydrogen-bond acceptors (Lipinski definition) is 2. The van der Waals surface area contributed by atoms with Crippen LogP contribution < -0.4 is 0 Å². The van der Waals surface area contributed by atoms with Crippen molar-refractivity contribution >= 4 is 11.9 Å². The number of likely N-dealkylation sites (tertiary alicyclic amines) is 1. The van der Waals surface area contributed by atoms with Crippen LogP contribution in [0.5, 0.6) is 0 Å². The van der Waals surface area contributed by atoms with Gasteiger partial charge in [0.25, 0.3) is 0 Å². The Morgan fingerprint density at radius 2 is 2.08 bits per heavy atom. The van der Waals surface area contributed by atoms with E-state index in [-0.39, 0.29) is 11.8 Å². The van der Waals surface area contributed by atoms with Crippen LogP contribution >= 0.6 is 0 Å². The molecular formula is C9H15NO3. The number of nitrogens with zero attached hydrogens (tertiary/aromatic N) is 1. The fourth-order valence-electron chi connectivity index (χ4n) is 1.63. The van der Waals surface area contributed by atoms with E-state index in [2.05, 4.69) is 0 Å². The maximum absolute atomic E-state index is 11.1. The lowest BCUT2D eigenvalue weighted by Crippen LogP contribution is -2.35. The largest absolute Gasteiger partial charge is 0.481 e. The summed E-state index contributed by atoms with van der Waals surface area (Å²) < 4.78 is 0. The first-order valence-electron chi connectivity index (χ1n) is 4.59. The van der Waals surface area contributed by atoms with Gasteiger partial charge in [0.2, 0.25) is 5.91 Å². The molecule has 0 aromatic carbocycles. The molecule has 0 aliphatic carbocycles. The molecule has 1 aliphatic heterocycles. The van der Waals surface area contributed by atoms with Gasteiger partial charge in [-0.3, -0.25) is 9.59 Å². The third kappa shape index (κ3) is 2.72. The lowest BCUT2D eigenvalue weighted by molar-refractivity contribution is -0.143. The SMILES string of the molecule is CC(=O)N1CCCC[C@H](C(=O)O)C1. The molecule has 0 aromatic rings. The van der Waals surface area contributed by atoms with Crippen LogP contribution in [0.4, 0.5) is 0 Å². The summed E-state index contributed by atoms with van der Waals surface area (Å²) in [6.45, 7) is 2.58. The third-order valence-corrected chi connectivity index (χ3v) is 2.47. The average Bonchev–Trinajstić information content (AvgIpc) is 2.28. The van der Waals surface area contributed by atoms with Gasteiger partial charge < -0.3 is 10.0 Å². The standard InChI is InChI=1S/C9H15NO3/c1-7(11)10-5-3-2-4-8(6-10)9(12)13/h8H,2-6H2,1H3,(H,12,13)/t8-/m0/s1. The number of amides is 1. The van der Waals surface area contributed by atoms with Crippen LogP contribution in [0, 0.1) is 5.92 Å². The molecule has 0 bridgehead atoms. The molecule has 1 heterocycles. The quantitative estimate of drug-likeness (QED) is 0.654. The average molecular weight is 185 g/mol. The molecule has 0 radical (unpaired) electrons. The van der Waals surface area contributed by atoms with Gasteiger partial charge in [-0.25, -0.2) is 0 Å². The molecule has 0 aromatic heterocycles. The van der Waals surface area contributed by atoms with Crippen LogP contribution in [0.3, 0.4) is 0 Å². The van der Waals surface area contributed by atoms with Crippen molar-refractivity contribution in [3.8, 4) is 0 Å². The molecule has 13 heavy (non-hydrogen) atoms. The maximum atomic E-state index is 11.1. The van der Waals surface area contributed by atoms with Crippen molar-refractivity contribution in [2.75, 3.05) is 13.1 Å². The fraction of sp³-hybridized carbons (Fsp3) is 0.778. The normalized spacial score (nSPS) is 23.8. The number of aliphatic carboxylic acids is 1. The number of hydrogen-bond donors (Lipinski definition) is 1. The highest BCUT2D eigenvalue weighted by molar-refractivity contribution is 5.75. The van der Waals surface area contributed by atoms with E-state index in [1.54, 1.807) is 4.90 Å². The first-order valence-corrected chi connectivity index (χ1v) is 4.59. The number of carbonyl (C=O) groups excluding carboxylic acids is 1. The highest BCUT2D eigenvalue weighted by Gasteiger charge is 2.24. The van der Waals surface area contributed by atoms with Gasteiger partial charge in [0, 0.05) is 20.0 Å². The molecule has 4 heteroatoms. The number of carboxylic acid groups (broad SMARTS) is 1. The van der Waals surface area contributed by atoms with Gasteiger partial charge in [-0.2, -0.15) is 0 Å². The van der Waals surface area contributed by atoms with Gasteiger partial charge in [0.15, 0.2) is 0 Å². The Balaban J connectivity index is 2.59. The van der Waals surface area contributed by atoms with Crippen LogP contribution in [0.2, 0.25) is 0 Å². The van der Waals surface area contributed by atoms with E-state index >= 15 is 0 Å². The molecule has 4 nitrogen and oxygen atoms in total. The molecule has 1 saturated heterocycles. The van der Waals surface area contributed by atoms with Gasteiger partial charge in [-0.15, -0.1) is 0 Å². The number of rotatable bonds is 1. The van der Waals surface area contributed by atoms with Crippen molar-refractivity contribution in [3.05, 3.63) is 0 Å². The van der Waals surface area contributed by atoms with Crippen molar-refractivity contribution in [1.29, 1.82) is 0 Å². The van der Waals surface area contributed by atoms with Crippen LogP contribution in [0.25, 0.3) is 0 Å². The highest BCUT2D eigenvalue weighted by atomic mass is 16.4. The van der Waals surface area contributed by atoms with Crippen LogP contribution in [-0.2, 0) is 9.59 Å². The van der Waals surface area contributed by atoms with Gasteiger partial charge in [0.05, 0.1) is 5.92 Å². The van der Waals surface area contributed by atoms with Crippen molar-refractivity contribution in [2.24, 2.45) is 5.92 Å². The summed E-state index contributed by atoms with van der Waals surface area (Å²) in [5.74, 6) is -1.17. The van der Waals surface area contributed by atoms with E-state index < -0.39 is 5.97 Å². The minimum atomic E-state index is -0.784. The summed E-state index contributed by atoms with van der Waals surface area (Å²) in [6, 6.07) is 0. The molecule has 1 atom stereocenters. The molecule has 1 N–H and O–H groups in total. The summed E-state index contributed by atoms with van der Waals surface area (Å²) >= 11 is 0. The Hall–Kier alpha value is -1.06.